The number of carbonyl (C=O) groups excluding carboxylic acids is 1. The maximum absolute atomic E-state index is 14.6. The van der Waals surface area contributed by atoms with Crippen LogP contribution in [0.5, 0.6) is 0 Å². The zero-order valence-corrected chi connectivity index (χ0v) is 22.3. The Morgan fingerprint density at radius 2 is 1.32 bits per heavy atom. The number of halogens is 2. The third kappa shape index (κ3) is 8.21. The fourth-order valence-corrected chi connectivity index (χ4v) is 4.70. The second kappa shape index (κ2) is 13.1. The Hall–Kier alpha value is -3.60. The molecule has 4 rings (SSSR count). The second-order valence-corrected chi connectivity index (χ2v) is 10.4. The van der Waals surface area contributed by atoms with Gasteiger partial charge in [-0.25, -0.2) is 11.0 Å². The summed E-state index contributed by atoms with van der Waals surface area (Å²) in [5, 5.41) is -2.16. The second-order valence-electron chi connectivity index (χ2n) is 8.17. The molecule has 0 aliphatic rings. The number of amides is 1. The van der Waals surface area contributed by atoms with E-state index >= 15 is 0 Å². The summed E-state index contributed by atoms with van der Waals surface area (Å²) in [7, 11) is 1.68. The lowest BCUT2D eigenvalue weighted by Gasteiger charge is -2.16. The molecule has 7 heteroatoms. The Balaban J connectivity index is 0.000000206. The highest BCUT2D eigenvalue weighted by Gasteiger charge is 2.40. The van der Waals surface area contributed by atoms with E-state index in [4.69, 9.17) is 6.57 Å². The molecule has 4 aromatic carbocycles. The highest BCUT2D eigenvalue weighted by molar-refractivity contribution is 8.14. The van der Waals surface area contributed by atoms with Gasteiger partial charge in [0.15, 0.2) is 0 Å². The number of alkyl halides is 1. The van der Waals surface area contributed by atoms with E-state index < -0.39 is 5.12 Å². The van der Waals surface area contributed by atoms with Crippen molar-refractivity contribution in [3.8, 4) is 0 Å². The van der Waals surface area contributed by atoms with E-state index in [0.717, 1.165) is 44.4 Å². The van der Waals surface area contributed by atoms with Crippen LogP contribution in [0.3, 0.4) is 0 Å². The van der Waals surface area contributed by atoms with E-state index in [1.54, 1.807) is 43.4 Å². The first kappa shape index (κ1) is 28.0. The van der Waals surface area contributed by atoms with E-state index in [1.165, 1.54) is 17.0 Å². The normalized spacial score (nSPS) is 11.9. The molecule has 0 saturated heterocycles. The van der Waals surface area contributed by atoms with Gasteiger partial charge in [-0.1, -0.05) is 53.6 Å². The monoisotopic (exact) mass is 532 g/mol. The van der Waals surface area contributed by atoms with Gasteiger partial charge in [-0.3, -0.25) is 9.64 Å². The van der Waals surface area contributed by atoms with Crippen LogP contribution < -0.4 is 4.90 Å². The van der Waals surface area contributed by atoms with Crippen LogP contribution in [0, 0.1) is 26.2 Å². The van der Waals surface area contributed by atoms with Crippen LogP contribution in [-0.4, -0.2) is 12.3 Å². The topological polar surface area (TPSA) is 24.7 Å². The Bertz CT molecular complexity index is 1340. The molecule has 0 fully saturated rings. The van der Waals surface area contributed by atoms with E-state index in [-0.39, 0.29) is 11.1 Å². The molecule has 37 heavy (non-hydrogen) atoms. The van der Waals surface area contributed by atoms with Crippen LogP contribution in [0.15, 0.2) is 113 Å². The van der Waals surface area contributed by atoms with Gasteiger partial charge in [-0.05, 0) is 86.3 Å². The predicted octanol–water partition coefficient (Wildman–Crippen LogP) is 9.27. The van der Waals surface area contributed by atoms with Crippen molar-refractivity contribution in [3.63, 3.8) is 0 Å². The standard InChI is InChI=1S/C15H14FNOS.C15H12FNS/c1-11-3-9-14(10-4-11)19-15(18)17(2)13-7-5-12(16)6-8-13;1-12-8-10-14(11-9-12)18-15(16,17-2)13-6-4-3-5-7-13/h3-10H,1-2H3;3-11H,1H3. The number of rotatable bonds is 5. The third-order valence-corrected chi connectivity index (χ3v) is 7.32. The first-order chi connectivity index (χ1) is 17.7. The van der Waals surface area contributed by atoms with Crippen LogP contribution in [0.4, 0.5) is 19.3 Å². The van der Waals surface area contributed by atoms with Gasteiger partial charge in [0.2, 0.25) is 0 Å². The molecule has 0 bridgehead atoms. The Morgan fingerprint density at radius 1 is 0.811 bits per heavy atom. The van der Waals surface area contributed by atoms with Gasteiger partial charge in [0.1, 0.15) is 5.82 Å². The van der Waals surface area contributed by atoms with E-state index in [1.807, 2.05) is 68.4 Å². The van der Waals surface area contributed by atoms with E-state index in [0.29, 0.717) is 11.3 Å². The lowest BCUT2D eigenvalue weighted by Crippen LogP contribution is -2.21. The summed E-state index contributed by atoms with van der Waals surface area (Å²) in [6.45, 7) is 11.1. The molecular weight excluding hydrogens is 506 g/mol. The van der Waals surface area contributed by atoms with Gasteiger partial charge in [0.25, 0.3) is 5.24 Å². The minimum Gasteiger partial charge on any atom is -0.306 e. The van der Waals surface area contributed by atoms with Gasteiger partial charge in [0, 0.05) is 34.3 Å². The number of carbonyl (C=O) groups is 1. The van der Waals surface area contributed by atoms with Crippen molar-refractivity contribution in [2.24, 2.45) is 0 Å². The molecule has 0 spiro atoms. The minimum atomic E-state index is -2.06. The molecule has 0 aliphatic heterocycles. The van der Waals surface area contributed by atoms with E-state index in [2.05, 4.69) is 4.85 Å². The van der Waals surface area contributed by atoms with Crippen molar-refractivity contribution in [1.29, 1.82) is 0 Å². The summed E-state index contributed by atoms with van der Waals surface area (Å²) in [4.78, 5) is 18.4. The summed E-state index contributed by atoms with van der Waals surface area (Å²) >= 11 is 2.08. The number of thioether (sulfide) groups is 2. The average molecular weight is 533 g/mol. The Morgan fingerprint density at radius 3 is 1.84 bits per heavy atom. The number of hydrogen-bond donors (Lipinski definition) is 0. The van der Waals surface area contributed by atoms with Crippen molar-refractivity contribution >= 4 is 34.5 Å². The van der Waals surface area contributed by atoms with Crippen molar-refractivity contribution in [2.45, 2.75) is 28.8 Å². The Labute approximate surface area is 225 Å². The van der Waals surface area contributed by atoms with Crippen LogP contribution >= 0.6 is 23.5 Å². The van der Waals surface area contributed by atoms with Crippen molar-refractivity contribution in [1.82, 2.24) is 0 Å². The average Bonchev–Trinajstić information content (AvgIpc) is 2.92. The molecule has 1 atom stereocenters. The summed E-state index contributed by atoms with van der Waals surface area (Å²) in [5.74, 6) is -0.309. The fourth-order valence-electron chi connectivity index (χ4n) is 3.10. The first-order valence-electron chi connectivity index (χ1n) is 11.4. The number of aryl methyl sites for hydroxylation is 2. The van der Waals surface area contributed by atoms with Crippen LogP contribution in [0.1, 0.15) is 16.7 Å². The fraction of sp³-hybridized carbons (Fsp3) is 0.133. The quantitative estimate of drug-likeness (QED) is 0.145. The molecule has 0 heterocycles. The molecule has 4 aromatic rings. The summed E-state index contributed by atoms with van der Waals surface area (Å²) in [6, 6.07) is 29.7. The molecule has 1 unspecified atom stereocenters. The SMILES string of the molecule is Cc1ccc(SC(=O)N(C)c2ccc(F)cc2)cc1.[C-]#[N+]C(F)(Sc1ccc(C)cc1)c1ccccc1. The van der Waals surface area contributed by atoms with Gasteiger partial charge < -0.3 is 4.90 Å². The van der Waals surface area contributed by atoms with Crippen molar-refractivity contribution in [3.05, 3.63) is 137 Å². The number of anilines is 1. The van der Waals surface area contributed by atoms with Crippen molar-refractivity contribution < 1.29 is 13.6 Å². The minimum absolute atomic E-state index is 0.101. The molecule has 0 radical (unpaired) electrons. The number of nitrogens with zero attached hydrogens (tertiary/aromatic N) is 2. The van der Waals surface area contributed by atoms with Gasteiger partial charge >= 0.3 is 5.12 Å². The molecule has 0 saturated carbocycles. The summed E-state index contributed by atoms with van der Waals surface area (Å²) < 4.78 is 27.5. The number of benzene rings is 4. The van der Waals surface area contributed by atoms with Crippen LogP contribution in [-0.2, 0) is 5.12 Å². The molecule has 3 nitrogen and oxygen atoms in total. The third-order valence-electron chi connectivity index (χ3n) is 5.26. The lowest BCUT2D eigenvalue weighted by molar-refractivity contribution is 0.266. The number of hydrogen-bond acceptors (Lipinski definition) is 3. The van der Waals surface area contributed by atoms with Crippen LogP contribution in [0.2, 0.25) is 0 Å². The summed E-state index contributed by atoms with van der Waals surface area (Å²) in [6.07, 6.45) is 0. The maximum Gasteiger partial charge on any atom is 0.451 e. The maximum atomic E-state index is 14.6. The molecule has 0 aliphatic carbocycles. The smallest absolute Gasteiger partial charge is 0.306 e. The molecule has 188 valence electrons. The molecular formula is C30H26F2N2OS2. The Kier molecular flexibility index (Phi) is 9.90. The zero-order chi connectivity index (χ0) is 26.8. The van der Waals surface area contributed by atoms with Crippen molar-refractivity contribution in [2.75, 3.05) is 11.9 Å². The highest BCUT2D eigenvalue weighted by Crippen LogP contribution is 2.44. The molecule has 1 amide bonds. The summed E-state index contributed by atoms with van der Waals surface area (Å²) in [5.41, 5.74) is 3.33. The van der Waals surface area contributed by atoms with Gasteiger partial charge in [-0.15, -0.1) is 4.39 Å². The highest BCUT2D eigenvalue weighted by atomic mass is 32.2. The molecule has 0 N–H and O–H groups in total. The molecule has 0 aromatic heterocycles. The van der Waals surface area contributed by atoms with Gasteiger partial charge in [0.05, 0.1) is 5.56 Å². The largest absolute Gasteiger partial charge is 0.451 e. The van der Waals surface area contributed by atoms with Gasteiger partial charge in [-0.2, -0.15) is 0 Å². The van der Waals surface area contributed by atoms with E-state index in [9.17, 15) is 13.6 Å². The zero-order valence-electron chi connectivity index (χ0n) is 20.7. The van der Waals surface area contributed by atoms with Crippen LogP contribution in [0.25, 0.3) is 4.85 Å². The first-order valence-corrected chi connectivity index (χ1v) is 13.0. The predicted molar refractivity (Wildman–Crippen MR) is 150 cm³/mol. The lowest BCUT2D eigenvalue weighted by atomic mass is 10.2.